The van der Waals surface area contributed by atoms with E-state index in [2.05, 4.69) is 22.1 Å². The fraction of sp³-hybridized carbons (Fsp3) is 0.115. The molecule has 0 N–H and O–H groups in total. The molecule has 33 heavy (non-hydrogen) atoms. The van der Waals surface area contributed by atoms with Gasteiger partial charge in [0.1, 0.15) is 17.2 Å². The van der Waals surface area contributed by atoms with E-state index in [1.54, 1.807) is 36.0 Å². The molecule has 0 saturated heterocycles. The highest BCUT2D eigenvalue weighted by Gasteiger charge is 2.21. The molecular formula is C26H19FN4O2. The number of benzene rings is 2. The van der Waals surface area contributed by atoms with Crippen molar-refractivity contribution in [1.29, 1.82) is 0 Å². The minimum absolute atomic E-state index is 0.265. The molecular weight excluding hydrogens is 419 g/mol. The van der Waals surface area contributed by atoms with Gasteiger partial charge in [-0.15, -0.1) is 0 Å². The molecule has 0 unspecified atom stereocenters. The molecule has 0 atom stereocenters. The van der Waals surface area contributed by atoms with Crippen LogP contribution in [0, 0.1) is 12.7 Å². The number of halogens is 1. The maximum Gasteiger partial charge on any atom is 0.362 e. The van der Waals surface area contributed by atoms with E-state index in [1.807, 2.05) is 35.0 Å². The number of imidazole rings is 1. The average Bonchev–Trinajstić information content (AvgIpc) is 3.38. The molecule has 4 aromatic heterocycles. The number of fused-ring (bicyclic) bond motifs is 5. The second-order valence-corrected chi connectivity index (χ2v) is 8.13. The van der Waals surface area contributed by atoms with E-state index in [0.717, 1.165) is 22.2 Å². The first-order valence-corrected chi connectivity index (χ1v) is 10.6. The first-order valence-electron chi connectivity index (χ1n) is 10.6. The van der Waals surface area contributed by atoms with Crippen LogP contribution in [0.4, 0.5) is 4.39 Å². The van der Waals surface area contributed by atoms with Crippen molar-refractivity contribution >= 4 is 32.9 Å². The Hall–Kier alpha value is -4.26. The number of nitrogens with zero attached hydrogens (tertiary/aromatic N) is 4. The van der Waals surface area contributed by atoms with Crippen LogP contribution in [0.15, 0.2) is 82.4 Å². The lowest BCUT2D eigenvalue weighted by Gasteiger charge is -2.11. The highest BCUT2D eigenvalue weighted by Crippen LogP contribution is 2.34. The Labute approximate surface area is 187 Å². The molecule has 0 bridgehead atoms. The van der Waals surface area contributed by atoms with Gasteiger partial charge in [0.05, 0.1) is 12.1 Å². The third-order valence-corrected chi connectivity index (χ3v) is 6.06. The summed E-state index contributed by atoms with van der Waals surface area (Å²) in [5.41, 5.74) is 2.40. The summed E-state index contributed by atoms with van der Waals surface area (Å²) in [5.74, 6) is 0.426. The van der Waals surface area contributed by atoms with Crippen LogP contribution in [-0.4, -0.2) is 19.1 Å². The molecule has 6 aromatic rings. The van der Waals surface area contributed by atoms with Gasteiger partial charge in [-0.25, -0.2) is 19.2 Å². The van der Waals surface area contributed by atoms with Crippen LogP contribution < -0.4 is 5.63 Å². The van der Waals surface area contributed by atoms with Crippen LogP contribution in [0.2, 0.25) is 0 Å². The molecule has 0 aliphatic rings. The monoisotopic (exact) mass is 438 g/mol. The fourth-order valence-electron chi connectivity index (χ4n) is 4.48. The summed E-state index contributed by atoms with van der Waals surface area (Å²) in [7, 11) is 0. The molecule has 4 heterocycles. The zero-order valence-electron chi connectivity index (χ0n) is 17.8. The molecule has 6 rings (SSSR count). The van der Waals surface area contributed by atoms with E-state index < -0.39 is 5.63 Å². The molecule has 0 aliphatic heterocycles. The minimum atomic E-state index is -0.508. The van der Waals surface area contributed by atoms with Crippen molar-refractivity contribution in [2.45, 2.75) is 20.0 Å². The molecule has 0 aliphatic carbocycles. The van der Waals surface area contributed by atoms with Crippen LogP contribution in [0.25, 0.3) is 32.9 Å². The number of aromatic nitrogens is 4. The summed E-state index contributed by atoms with van der Waals surface area (Å²) < 4.78 is 24.0. The molecule has 0 spiro atoms. The first-order chi connectivity index (χ1) is 16.1. The number of hydrogen-bond acceptors (Lipinski definition) is 4. The normalized spacial score (nSPS) is 11.7. The summed E-state index contributed by atoms with van der Waals surface area (Å²) in [4.78, 5) is 21.9. The lowest BCUT2D eigenvalue weighted by molar-refractivity contribution is 0.552. The van der Waals surface area contributed by atoms with E-state index in [4.69, 9.17) is 4.42 Å². The number of aryl methyl sites for hydroxylation is 1. The molecule has 0 amide bonds. The quantitative estimate of drug-likeness (QED) is 0.387. The molecule has 2 aromatic carbocycles. The van der Waals surface area contributed by atoms with Gasteiger partial charge in [-0.3, -0.25) is 0 Å². The van der Waals surface area contributed by atoms with E-state index in [0.29, 0.717) is 35.1 Å². The number of hydrogen-bond donors (Lipinski definition) is 0. The van der Waals surface area contributed by atoms with Crippen molar-refractivity contribution in [2.75, 3.05) is 0 Å². The lowest BCUT2D eigenvalue weighted by atomic mass is 10.1. The lowest BCUT2D eigenvalue weighted by Crippen LogP contribution is -2.13. The summed E-state index contributed by atoms with van der Waals surface area (Å²) in [6.45, 7) is 2.65. The van der Waals surface area contributed by atoms with Gasteiger partial charge in [-0.1, -0.05) is 30.3 Å². The Kier molecular flexibility index (Phi) is 4.36. The molecule has 6 nitrogen and oxygen atoms in total. The zero-order chi connectivity index (χ0) is 22.5. The third-order valence-electron chi connectivity index (χ3n) is 6.06. The number of rotatable bonds is 4. The Morgan fingerprint density at radius 2 is 1.82 bits per heavy atom. The molecule has 0 fully saturated rings. The van der Waals surface area contributed by atoms with Crippen molar-refractivity contribution < 1.29 is 8.81 Å². The van der Waals surface area contributed by atoms with Gasteiger partial charge in [-0.05, 0) is 42.3 Å². The maximum absolute atomic E-state index is 14.7. The Morgan fingerprint density at radius 1 is 0.970 bits per heavy atom. The van der Waals surface area contributed by atoms with Crippen LogP contribution >= 0.6 is 0 Å². The standard InChI is InChI=1S/C26H19FN4O2/c1-16-12-19-21(13-20(16)27)31(24-23(19)18-8-5-9-29-25(18)33-26(24)32)15-22-28-10-11-30(22)14-17-6-3-2-4-7-17/h2-13H,14-15H2,1H3. The van der Waals surface area contributed by atoms with E-state index >= 15 is 0 Å². The second-order valence-electron chi connectivity index (χ2n) is 8.13. The Morgan fingerprint density at radius 3 is 2.67 bits per heavy atom. The largest absolute Gasteiger partial charge is 0.402 e. The topological polar surface area (TPSA) is 65.8 Å². The van der Waals surface area contributed by atoms with Gasteiger partial charge in [0.15, 0.2) is 0 Å². The van der Waals surface area contributed by atoms with Crippen molar-refractivity contribution in [3.05, 3.63) is 106 Å². The predicted molar refractivity (Wildman–Crippen MR) is 125 cm³/mol. The average molecular weight is 438 g/mol. The molecule has 7 heteroatoms. The maximum atomic E-state index is 14.7. The highest BCUT2D eigenvalue weighted by molar-refractivity contribution is 6.18. The van der Waals surface area contributed by atoms with Crippen LogP contribution in [0.5, 0.6) is 0 Å². The summed E-state index contributed by atoms with van der Waals surface area (Å²) in [6, 6.07) is 17.0. The molecule has 0 saturated carbocycles. The fourth-order valence-corrected chi connectivity index (χ4v) is 4.48. The van der Waals surface area contributed by atoms with E-state index in [9.17, 15) is 9.18 Å². The molecule has 0 radical (unpaired) electrons. The van der Waals surface area contributed by atoms with Gasteiger partial charge < -0.3 is 13.6 Å². The van der Waals surface area contributed by atoms with Crippen molar-refractivity contribution in [3.63, 3.8) is 0 Å². The summed E-state index contributed by atoms with van der Waals surface area (Å²) >= 11 is 0. The zero-order valence-corrected chi connectivity index (χ0v) is 17.8. The summed E-state index contributed by atoms with van der Waals surface area (Å²) in [6.07, 6.45) is 5.23. The van der Waals surface area contributed by atoms with E-state index in [1.165, 1.54) is 6.07 Å². The van der Waals surface area contributed by atoms with Gasteiger partial charge in [0.25, 0.3) is 0 Å². The second kappa shape index (κ2) is 7.41. The highest BCUT2D eigenvalue weighted by atomic mass is 19.1. The minimum Gasteiger partial charge on any atom is -0.402 e. The van der Waals surface area contributed by atoms with Gasteiger partial charge in [0, 0.05) is 41.3 Å². The van der Waals surface area contributed by atoms with Crippen molar-refractivity contribution in [2.24, 2.45) is 0 Å². The molecule has 162 valence electrons. The number of pyridine rings is 1. The first kappa shape index (κ1) is 19.4. The van der Waals surface area contributed by atoms with Gasteiger partial charge in [0.2, 0.25) is 5.71 Å². The smallest absolute Gasteiger partial charge is 0.362 e. The van der Waals surface area contributed by atoms with Gasteiger partial charge in [-0.2, -0.15) is 0 Å². The predicted octanol–water partition coefficient (Wildman–Crippen LogP) is 5.04. The van der Waals surface area contributed by atoms with E-state index in [-0.39, 0.29) is 11.5 Å². The van der Waals surface area contributed by atoms with Gasteiger partial charge >= 0.3 is 5.63 Å². The third kappa shape index (κ3) is 3.12. The van der Waals surface area contributed by atoms with Crippen LogP contribution in [0.3, 0.4) is 0 Å². The Balaban J connectivity index is 1.61. The SMILES string of the molecule is Cc1cc2c3c4cccnc4oc(=O)c3n(Cc3nccn3Cc3ccccc3)c2cc1F. The van der Waals surface area contributed by atoms with Crippen molar-refractivity contribution in [3.8, 4) is 0 Å². The Bertz CT molecular complexity index is 1710. The van der Waals surface area contributed by atoms with Crippen LogP contribution in [0.1, 0.15) is 17.0 Å². The van der Waals surface area contributed by atoms with Crippen molar-refractivity contribution in [1.82, 2.24) is 19.1 Å². The van der Waals surface area contributed by atoms with Crippen LogP contribution in [-0.2, 0) is 13.1 Å². The summed E-state index contributed by atoms with van der Waals surface area (Å²) in [5, 5.41) is 2.22.